The lowest BCUT2D eigenvalue weighted by Gasteiger charge is -2.39. The molecule has 2 atom stereocenters. The fraction of sp³-hybridized carbons (Fsp3) is 0.333. The van der Waals surface area contributed by atoms with Crippen LogP contribution in [-0.2, 0) is 19.5 Å². The lowest BCUT2D eigenvalue weighted by atomic mass is 9.94. The number of aromatic hydroxyl groups is 1. The van der Waals surface area contributed by atoms with Crippen LogP contribution >= 0.6 is 12.2 Å². The quantitative estimate of drug-likeness (QED) is 0.338. The van der Waals surface area contributed by atoms with Crippen LogP contribution in [0.1, 0.15) is 29.5 Å². The Morgan fingerprint density at radius 3 is 2.42 bits per heavy atom. The Labute approximate surface area is 229 Å². The van der Waals surface area contributed by atoms with Gasteiger partial charge in [-0.15, -0.1) is 0 Å². The molecule has 1 saturated heterocycles. The molecule has 3 aromatic carbocycles. The zero-order chi connectivity index (χ0) is 26.3. The van der Waals surface area contributed by atoms with Crippen molar-refractivity contribution in [3.63, 3.8) is 0 Å². The molecule has 8 heteroatoms. The molecule has 4 N–H and O–H groups in total. The molecule has 0 bridgehead atoms. The lowest BCUT2D eigenvalue weighted by Crippen LogP contribution is -2.54. The van der Waals surface area contributed by atoms with Crippen LogP contribution in [0, 0.1) is 0 Å². The first-order valence-electron chi connectivity index (χ1n) is 13.3. The van der Waals surface area contributed by atoms with Gasteiger partial charge in [-0.3, -0.25) is 4.90 Å². The van der Waals surface area contributed by atoms with E-state index in [1.807, 2.05) is 48.5 Å². The Hall–Kier alpha value is -3.62. The van der Waals surface area contributed by atoms with Crippen molar-refractivity contribution in [3.8, 4) is 5.75 Å². The largest absolute Gasteiger partial charge is 0.508 e. The molecule has 0 radical (unpaired) electrons. The first-order chi connectivity index (χ1) is 18.6. The number of fused-ring (bicyclic) bond motifs is 1. The summed E-state index contributed by atoms with van der Waals surface area (Å²) >= 11 is 5.92. The number of hydrogen-bond acceptors (Lipinski definition) is 4. The van der Waals surface area contributed by atoms with Crippen LogP contribution in [0.2, 0.25) is 0 Å². The molecule has 0 aliphatic carbocycles. The van der Waals surface area contributed by atoms with Gasteiger partial charge < -0.3 is 26.0 Å². The Morgan fingerprint density at radius 2 is 1.61 bits per heavy atom. The topological polar surface area (TPSA) is 79.9 Å². The van der Waals surface area contributed by atoms with Gasteiger partial charge in [0.1, 0.15) is 5.75 Å². The van der Waals surface area contributed by atoms with Crippen LogP contribution in [0.5, 0.6) is 5.75 Å². The van der Waals surface area contributed by atoms with E-state index >= 15 is 0 Å². The molecule has 2 amide bonds. The van der Waals surface area contributed by atoms with Gasteiger partial charge in [-0.05, 0) is 67.4 Å². The van der Waals surface area contributed by atoms with Crippen LogP contribution in [0.4, 0.5) is 10.5 Å². The molecule has 1 fully saturated rings. The molecule has 2 aliphatic rings. The second-order valence-corrected chi connectivity index (χ2v) is 10.4. The number of amides is 2. The summed E-state index contributed by atoms with van der Waals surface area (Å²) in [4.78, 5) is 17.2. The highest BCUT2D eigenvalue weighted by Gasteiger charge is 2.30. The number of benzene rings is 3. The van der Waals surface area contributed by atoms with Crippen LogP contribution in [0.15, 0.2) is 78.9 Å². The average molecular weight is 530 g/mol. The highest BCUT2D eigenvalue weighted by Crippen LogP contribution is 2.25. The maximum absolute atomic E-state index is 12.6. The number of phenols is 1. The summed E-state index contributed by atoms with van der Waals surface area (Å²) < 4.78 is 0. The Balaban J connectivity index is 1.20. The first kappa shape index (κ1) is 26.0. The SMILES string of the molecule is O=C(NC[C@@H]1Cc2ccccc2CN1C(=S)NC[C@H]1CCCN1Cc1ccccc1O)Nc1ccccc1. The number of phenolic OH excluding ortho intramolecular Hbond substituents is 1. The van der Waals surface area contributed by atoms with E-state index in [1.165, 1.54) is 11.1 Å². The molecule has 0 unspecified atom stereocenters. The first-order valence-corrected chi connectivity index (χ1v) is 13.7. The van der Waals surface area contributed by atoms with Gasteiger partial charge in [-0.25, -0.2) is 4.79 Å². The number of nitrogens with one attached hydrogen (secondary N) is 3. The molecule has 38 heavy (non-hydrogen) atoms. The van der Waals surface area contributed by atoms with Gasteiger partial charge in [-0.1, -0.05) is 60.7 Å². The number of para-hydroxylation sites is 2. The minimum Gasteiger partial charge on any atom is -0.508 e. The van der Waals surface area contributed by atoms with E-state index in [2.05, 4.69) is 50.0 Å². The highest BCUT2D eigenvalue weighted by molar-refractivity contribution is 7.80. The maximum Gasteiger partial charge on any atom is 0.319 e. The minimum absolute atomic E-state index is 0.0485. The Bertz CT molecular complexity index is 1250. The summed E-state index contributed by atoms with van der Waals surface area (Å²) in [6, 6.07) is 25.6. The molecule has 5 rings (SSSR count). The van der Waals surface area contributed by atoms with E-state index in [0.29, 0.717) is 30.0 Å². The summed E-state index contributed by atoms with van der Waals surface area (Å²) in [6.45, 7) is 3.68. The maximum atomic E-state index is 12.6. The molecular weight excluding hydrogens is 494 g/mol. The molecule has 2 heterocycles. The van der Waals surface area contributed by atoms with Crippen molar-refractivity contribution in [2.75, 3.05) is 25.0 Å². The van der Waals surface area contributed by atoms with Crippen LogP contribution in [0.3, 0.4) is 0 Å². The van der Waals surface area contributed by atoms with Gasteiger partial charge in [-0.2, -0.15) is 0 Å². The van der Waals surface area contributed by atoms with E-state index in [4.69, 9.17) is 12.2 Å². The number of hydrogen-bond donors (Lipinski definition) is 4. The molecule has 0 saturated carbocycles. The van der Waals surface area contributed by atoms with E-state index in [9.17, 15) is 9.90 Å². The number of thiocarbonyl (C=S) groups is 1. The minimum atomic E-state index is -0.223. The molecule has 3 aromatic rings. The highest BCUT2D eigenvalue weighted by atomic mass is 32.1. The van der Waals surface area contributed by atoms with Gasteiger partial charge in [0.05, 0.1) is 6.04 Å². The standard InChI is InChI=1S/C30H35N5O2S/c36-28-15-7-6-11-24(28)20-34-16-8-14-26(34)18-32-30(38)35-21-23-10-5-4-9-22(23)17-27(35)19-31-29(37)33-25-12-2-1-3-13-25/h1-7,9-13,15,26-27,36H,8,14,16-21H2,(H,32,38)(H2,31,33,37)/t26-,27+/m1/s1. The van der Waals surface area contributed by atoms with E-state index < -0.39 is 0 Å². The number of carbonyl (C=O) groups is 1. The normalized spacial score (nSPS) is 19.0. The summed E-state index contributed by atoms with van der Waals surface area (Å²) in [6.07, 6.45) is 3.04. The van der Waals surface area contributed by atoms with Crippen LogP contribution in [-0.4, -0.2) is 57.8 Å². The number of urea groups is 1. The molecule has 198 valence electrons. The van der Waals surface area contributed by atoms with E-state index in [-0.39, 0.29) is 12.1 Å². The van der Waals surface area contributed by atoms with Crippen molar-refractivity contribution in [3.05, 3.63) is 95.6 Å². The zero-order valence-electron chi connectivity index (χ0n) is 21.5. The smallest absolute Gasteiger partial charge is 0.319 e. The fourth-order valence-corrected chi connectivity index (χ4v) is 5.72. The van der Waals surface area contributed by atoms with Gasteiger partial charge in [0.25, 0.3) is 0 Å². The Morgan fingerprint density at radius 1 is 0.895 bits per heavy atom. The summed E-state index contributed by atoms with van der Waals surface area (Å²) in [5.74, 6) is 0.347. The lowest BCUT2D eigenvalue weighted by molar-refractivity contribution is 0.231. The Kier molecular flexibility index (Phi) is 8.41. The van der Waals surface area contributed by atoms with Crippen LogP contribution < -0.4 is 16.0 Å². The van der Waals surface area contributed by atoms with Gasteiger partial charge >= 0.3 is 6.03 Å². The molecule has 0 aromatic heterocycles. The van der Waals surface area contributed by atoms with Crippen molar-refractivity contribution in [1.82, 2.24) is 20.4 Å². The van der Waals surface area contributed by atoms with E-state index in [0.717, 1.165) is 50.1 Å². The number of likely N-dealkylation sites (tertiary alicyclic amines) is 1. The van der Waals surface area contributed by atoms with Crippen molar-refractivity contribution >= 4 is 29.0 Å². The molecule has 2 aliphatic heterocycles. The summed E-state index contributed by atoms with van der Waals surface area (Å²) in [7, 11) is 0. The monoisotopic (exact) mass is 529 g/mol. The predicted octanol–water partition coefficient (Wildman–Crippen LogP) is 4.48. The molecular formula is C30H35N5O2S. The van der Waals surface area contributed by atoms with Crippen molar-refractivity contribution < 1.29 is 9.90 Å². The molecule has 0 spiro atoms. The second-order valence-electron chi connectivity index (χ2n) is 10.0. The van der Waals surface area contributed by atoms with Crippen molar-refractivity contribution in [2.45, 2.75) is 44.4 Å². The van der Waals surface area contributed by atoms with E-state index in [1.54, 1.807) is 6.07 Å². The van der Waals surface area contributed by atoms with Crippen molar-refractivity contribution in [1.29, 1.82) is 0 Å². The van der Waals surface area contributed by atoms with Gasteiger partial charge in [0, 0.05) is 43.5 Å². The molecule has 7 nitrogen and oxygen atoms in total. The third-order valence-corrected chi connectivity index (χ3v) is 7.88. The number of rotatable bonds is 7. The third-order valence-electron chi connectivity index (χ3n) is 7.50. The number of nitrogens with zero attached hydrogens (tertiary/aromatic N) is 2. The van der Waals surface area contributed by atoms with Crippen molar-refractivity contribution in [2.24, 2.45) is 0 Å². The zero-order valence-corrected chi connectivity index (χ0v) is 22.3. The summed E-state index contributed by atoms with van der Waals surface area (Å²) in [5.41, 5.74) is 4.28. The van der Waals surface area contributed by atoms with Crippen LogP contribution in [0.25, 0.3) is 0 Å². The fourth-order valence-electron chi connectivity index (χ4n) is 5.42. The summed E-state index contributed by atoms with van der Waals surface area (Å²) in [5, 5.41) is 20.4. The van der Waals surface area contributed by atoms with Gasteiger partial charge in [0.15, 0.2) is 5.11 Å². The average Bonchev–Trinajstić information content (AvgIpc) is 3.38. The van der Waals surface area contributed by atoms with Gasteiger partial charge in [0.2, 0.25) is 0 Å². The third kappa shape index (κ3) is 6.44. The predicted molar refractivity (Wildman–Crippen MR) is 155 cm³/mol. The number of carbonyl (C=O) groups excluding carboxylic acids is 1. The number of anilines is 1. The second kappa shape index (κ2) is 12.3.